The second-order valence-corrected chi connectivity index (χ2v) is 5.90. The molecule has 4 nitrogen and oxygen atoms in total. The Hall–Kier alpha value is -2.20. The molecule has 0 radical (unpaired) electrons. The highest BCUT2D eigenvalue weighted by Gasteiger charge is 2.26. The maximum atomic E-state index is 12.4. The Kier molecular flexibility index (Phi) is 4.72. The summed E-state index contributed by atoms with van der Waals surface area (Å²) in [4.78, 5) is 12.4. The van der Waals surface area contributed by atoms with E-state index < -0.39 is 0 Å². The molecule has 0 bridgehead atoms. The Balaban J connectivity index is 1.63. The molecule has 0 aromatic heterocycles. The van der Waals surface area contributed by atoms with E-state index >= 15 is 0 Å². The molecule has 0 saturated heterocycles. The maximum Gasteiger partial charge on any atom is 0.227 e. The highest BCUT2D eigenvalue weighted by Crippen LogP contribution is 2.30. The molecule has 0 aliphatic carbocycles. The van der Waals surface area contributed by atoms with E-state index in [0.29, 0.717) is 24.6 Å². The lowest BCUT2D eigenvalue weighted by Crippen LogP contribution is -2.37. The lowest BCUT2D eigenvalue weighted by molar-refractivity contribution is -0.126. The van der Waals surface area contributed by atoms with Gasteiger partial charge < -0.3 is 14.8 Å². The van der Waals surface area contributed by atoms with Crippen molar-refractivity contribution in [1.82, 2.24) is 5.32 Å². The zero-order chi connectivity index (χ0) is 16.2. The lowest BCUT2D eigenvalue weighted by Gasteiger charge is -2.25. The van der Waals surface area contributed by atoms with Crippen LogP contribution in [0.5, 0.6) is 11.5 Å². The van der Waals surface area contributed by atoms with Crippen molar-refractivity contribution in [2.45, 2.75) is 13.0 Å². The van der Waals surface area contributed by atoms with Crippen LogP contribution in [0.1, 0.15) is 11.1 Å². The first-order valence-electron chi connectivity index (χ1n) is 7.48. The summed E-state index contributed by atoms with van der Waals surface area (Å²) in [5, 5.41) is 3.59. The molecule has 0 fully saturated rings. The minimum absolute atomic E-state index is 0.0293. The van der Waals surface area contributed by atoms with Crippen LogP contribution in [0, 0.1) is 5.92 Å². The molecule has 1 amide bonds. The van der Waals surface area contributed by atoms with Gasteiger partial charge in [-0.1, -0.05) is 29.8 Å². The number of nitrogens with one attached hydrogen (secondary N) is 1. The normalized spacial score (nSPS) is 16.2. The fourth-order valence-corrected chi connectivity index (χ4v) is 2.84. The standard InChI is InChI=1S/C18H18ClNO3/c1-22-15-6-7-17-13(9-15)8-14(11-23-17)18(21)20-10-12-4-2-3-5-16(12)19/h2-7,9,14H,8,10-11H2,1H3,(H,20,21). The van der Waals surface area contributed by atoms with Crippen molar-refractivity contribution in [1.29, 1.82) is 0 Å². The third-order valence-electron chi connectivity index (χ3n) is 3.96. The van der Waals surface area contributed by atoms with Crippen molar-refractivity contribution in [3.63, 3.8) is 0 Å². The van der Waals surface area contributed by atoms with E-state index in [1.54, 1.807) is 7.11 Å². The molecule has 3 rings (SSSR count). The molecule has 1 aliphatic heterocycles. The van der Waals surface area contributed by atoms with E-state index in [-0.39, 0.29) is 11.8 Å². The molecule has 5 heteroatoms. The van der Waals surface area contributed by atoms with Crippen molar-refractivity contribution in [2.75, 3.05) is 13.7 Å². The summed E-state index contributed by atoms with van der Waals surface area (Å²) in [6.07, 6.45) is 0.640. The van der Waals surface area contributed by atoms with Crippen LogP contribution in [0.2, 0.25) is 5.02 Å². The van der Waals surface area contributed by atoms with Gasteiger partial charge in [-0.2, -0.15) is 0 Å². The smallest absolute Gasteiger partial charge is 0.227 e. The van der Waals surface area contributed by atoms with Gasteiger partial charge in [-0.3, -0.25) is 4.79 Å². The fourth-order valence-electron chi connectivity index (χ4n) is 2.63. The SMILES string of the molecule is COc1ccc2c(c1)CC(C(=O)NCc1ccccc1Cl)CO2. The topological polar surface area (TPSA) is 47.6 Å². The van der Waals surface area contributed by atoms with E-state index in [9.17, 15) is 4.79 Å². The molecule has 1 atom stereocenters. The summed E-state index contributed by atoms with van der Waals surface area (Å²) < 4.78 is 10.9. The molecule has 1 N–H and O–H groups in total. The van der Waals surface area contributed by atoms with Crippen LogP contribution in [0.4, 0.5) is 0 Å². The number of benzene rings is 2. The minimum atomic E-state index is -0.211. The largest absolute Gasteiger partial charge is 0.497 e. The molecule has 1 aliphatic rings. The Bertz CT molecular complexity index is 717. The van der Waals surface area contributed by atoms with Crippen LogP contribution in [0.3, 0.4) is 0 Å². The van der Waals surface area contributed by atoms with Crippen LogP contribution >= 0.6 is 11.6 Å². The number of halogens is 1. The number of methoxy groups -OCH3 is 1. The Labute approximate surface area is 140 Å². The van der Waals surface area contributed by atoms with E-state index in [0.717, 1.165) is 22.6 Å². The minimum Gasteiger partial charge on any atom is -0.497 e. The number of amides is 1. The van der Waals surface area contributed by atoms with Gasteiger partial charge in [0.2, 0.25) is 5.91 Å². The van der Waals surface area contributed by atoms with Gasteiger partial charge in [0.25, 0.3) is 0 Å². The summed E-state index contributed by atoms with van der Waals surface area (Å²) in [7, 11) is 1.62. The summed E-state index contributed by atoms with van der Waals surface area (Å²) >= 11 is 6.10. The number of carbonyl (C=O) groups is 1. The van der Waals surface area contributed by atoms with Crippen molar-refractivity contribution in [3.05, 3.63) is 58.6 Å². The molecular weight excluding hydrogens is 314 g/mol. The average molecular weight is 332 g/mol. The molecule has 0 saturated carbocycles. The van der Waals surface area contributed by atoms with Crippen molar-refractivity contribution in [2.24, 2.45) is 5.92 Å². The number of carbonyl (C=O) groups excluding carboxylic acids is 1. The zero-order valence-corrected chi connectivity index (χ0v) is 13.6. The summed E-state index contributed by atoms with van der Waals surface area (Å²) in [6.45, 7) is 0.799. The number of hydrogen-bond donors (Lipinski definition) is 1. The van der Waals surface area contributed by atoms with Gasteiger partial charge in [0.05, 0.1) is 13.0 Å². The molecule has 120 valence electrons. The number of fused-ring (bicyclic) bond motifs is 1. The van der Waals surface area contributed by atoms with Gasteiger partial charge in [0.1, 0.15) is 18.1 Å². The van der Waals surface area contributed by atoms with Gasteiger partial charge >= 0.3 is 0 Å². The van der Waals surface area contributed by atoms with Gasteiger partial charge in [0.15, 0.2) is 0 Å². The third-order valence-corrected chi connectivity index (χ3v) is 4.32. The Morgan fingerprint density at radius 1 is 1.35 bits per heavy atom. The monoisotopic (exact) mass is 331 g/mol. The van der Waals surface area contributed by atoms with Gasteiger partial charge in [-0.15, -0.1) is 0 Å². The van der Waals surface area contributed by atoms with Crippen LogP contribution in [0.25, 0.3) is 0 Å². The highest BCUT2D eigenvalue weighted by atomic mass is 35.5. The van der Waals surface area contributed by atoms with Gasteiger partial charge in [-0.05, 0) is 41.8 Å². The van der Waals surface area contributed by atoms with Crippen LogP contribution in [-0.2, 0) is 17.8 Å². The van der Waals surface area contributed by atoms with Crippen molar-refractivity contribution in [3.8, 4) is 11.5 Å². The van der Waals surface area contributed by atoms with Gasteiger partial charge in [0, 0.05) is 11.6 Å². The summed E-state index contributed by atoms with van der Waals surface area (Å²) in [6, 6.07) is 13.1. The number of rotatable bonds is 4. The second-order valence-electron chi connectivity index (χ2n) is 5.49. The molecule has 2 aromatic carbocycles. The van der Waals surface area contributed by atoms with Gasteiger partial charge in [-0.25, -0.2) is 0 Å². The molecule has 2 aromatic rings. The van der Waals surface area contributed by atoms with E-state index in [4.69, 9.17) is 21.1 Å². The van der Waals surface area contributed by atoms with Crippen molar-refractivity contribution < 1.29 is 14.3 Å². The second kappa shape index (κ2) is 6.92. The maximum absolute atomic E-state index is 12.4. The molecular formula is C18H18ClNO3. The van der Waals surface area contributed by atoms with E-state index in [1.807, 2.05) is 42.5 Å². The predicted octanol–water partition coefficient (Wildman–Crippen LogP) is 3.22. The first-order valence-corrected chi connectivity index (χ1v) is 7.86. The molecule has 23 heavy (non-hydrogen) atoms. The first-order chi connectivity index (χ1) is 11.2. The first kappa shape index (κ1) is 15.7. The highest BCUT2D eigenvalue weighted by molar-refractivity contribution is 6.31. The number of ether oxygens (including phenoxy) is 2. The molecule has 0 spiro atoms. The molecule has 1 unspecified atom stereocenters. The summed E-state index contributed by atoms with van der Waals surface area (Å²) in [5.74, 6) is 1.35. The quantitative estimate of drug-likeness (QED) is 0.935. The number of hydrogen-bond acceptors (Lipinski definition) is 3. The molecule has 1 heterocycles. The fraction of sp³-hybridized carbons (Fsp3) is 0.278. The lowest BCUT2D eigenvalue weighted by atomic mass is 9.95. The Morgan fingerprint density at radius 2 is 2.17 bits per heavy atom. The van der Waals surface area contributed by atoms with Crippen LogP contribution in [-0.4, -0.2) is 19.6 Å². The average Bonchev–Trinajstić information content (AvgIpc) is 2.59. The van der Waals surface area contributed by atoms with Crippen LogP contribution in [0.15, 0.2) is 42.5 Å². The van der Waals surface area contributed by atoms with E-state index in [1.165, 1.54) is 0 Å². The third kappa shape index (κ3) is 3.59. The van der Waals surface area contributed by atoms with E-state index in [2.05, 4.69) is 5.32 Å². The van der Waals surface area contributed by atoms with Crippen LogP contribution < -0.4 is 14.8 Å². The zero-order valence-electron chi connectivity index (χ0n) is 12.8. The summed E-state index contributed by atoms with van der Waals surface area (Å²) in [5.41, 5.74) is 1.90. The predicted molar refractivity (Wildman–Crippen MR) is 89.0 cm³/mol. The Morgan fingerprint density at radius 3 is 2.96 bits per heavy atom. The van der Waals surface area contributed by atoms with Crippen molar-refractivity contribution >= 4 is 17.5 Å².